The van der Waals surface area contributed by atoms with Crippen molar-refractivity contribution in [1.29, 1.82) is 0 Å². The Balaban J connectivity index is 1.51. The molecule has 5 nitrogen and oxygen atoms in total. The van der Waals surface area contributed by atoms with Crippen LogP contribution in [0.1, 0.15) is 46.8 Å². The van der Waals surface area contributed by atoms with Crippen molar-refractivity contribution in [2.75, 3.05) is 18.5 Å². The molecule has 0 unspecified atom stereocenters. The quantitative estimate of drug-likeness (QED) is 0.905. The molecular weight excluding hydrogens is 338 g/mol. The van der Waals surface area contributed by atoms with Gasteiger partial charge >= 0.3 is 0 Å². The zero-order valence-electron chi connectivity index (χ0n) is 13.9. The van der Waals surface area contributed by atoms with E-state index in [4.69, 9.17) is 16.3 Å². The molecule has 1 aromatic heterocycles. The van der Waals surface area contributed by atoms with E-state index in [0.29, 0.717) is 29.5 Å². The molecule has 0 bridgehead atoms. The molecule has 25 heavy (non-hydrogen) atoms. The number of Topliss-reactive ketones (excluding diaryl/α,β-unsaturated/α-hetero) is 1. The van der Waals surface area contributed by atoms with Crippen LogP contribution < -0.4 is 5.32 Å². The highest BCUT2D eigenvalue weighted by atomic mass is 35.5. The van der Waals surface area contributed by atoms with Crippen LogP contribution >= 0.6 is 11.6 Å². The molecule has 0 saturated carbocycles. The number of ketones is 1. The lowest BCUT2D eigenvalue weighted by Crippen LogP contribution is -2.23. The maximum atomic E-state index is 12.5. The van der Waals surface area contributed by atoms with Crippen LogP contribution in [0.3, 0.4) is 0 Å². The smallest absolute Gasteiger partial charge is 0.222 e. The third-order valence-corrected chi connectivity index (χ3v) is 5.14. The minimum absolute atomic E-state index is 0.104. The van der Waals surface area contributed by atoms with Crippen molar-refractivity contribution in [1.82, 2.24) is 9.97 Å². The van der Waals surface area contributed by atoms with Gasteiger partial charge in [0, 0.05) is 30.8 Å². The third kappa shape index (κ3) is 3.67. The number of ether oxygens (including phenoxy) is 1. The molecular formula is C19H20ClN3O2. The molecule has 1 aliphatic carbocycles. The van der Waals surface area contributed by atoms with Gasteiger partial charge in [-0.25, -0.2) is 9.97 Å². The Hall–Kier alpha value is -1.98. The van der Waals surface area contributed by atoms with Crippen molar-refractivity contribution in [2.24, 2.45) is 0 Å². The predicted molar refractivity (Wildman–Crippen MR) is 96.3 cm³/mol. The summed E-state index contributed by atoms with van der Waals surface area (Å²) in [5.74, 6) is 0.809. The van der Waals surface area contributed by atoms with E-state index in [1.165, 1.54) is 0 Å². The fourth-order valence-electron chi connectivity index (χ4n) is 3.51. The van der Waals surface area contributed by atoms with Gasteiger partial charge in [0.15, 0.2) is 5.78 Å². The standard InChI is InChI=1S/C19H20ClN3O2/c20-14-5-3-12(4-6-14)13-8-17-16(18(24)9-13)11-22-19(23-17)21-10-15-2-1-7-25-15/h3-6,11,13,15H,1-2,7-10H2,(H,21,22,23)/t13-,15+/m0/s1. The summed E-state index contributed by atoms with van der Waals surface area (Å²) in [6, 6.07) is 7.71. The van der Waals surface area contributed by atoms with Gasteiger partial charge < -0.3 is 10.1 Å². The number of carbonyl (C=O) groups excluding carboxylic acids is 1. The largest absolute Gasteiger partial charge is 0.376 e. The average molecular weight is 358 g/mol. The lowest BCUT2D eigenvalue weighted by Gasteiger charge is -2.23. The molecule has 2 atom stereocenters. The van der Waals surface area contributed by atoms with E-state index in [9.17, 15) is 4.79 Å². The maximum Gasteiger partial charge on any atom is 0.222 e. The monoisotopic (exact) mass is 357 g/mol. The number of fused-ring (bicyclic) bond motifs is 1. The molecule has 0 amide bonds. The number of nitrogens with one attached hydrogen (secondary N) is 1. The molecule has 2 aromatic rings. The summed E-state index contributed by atoms with van der Waals surface area (Å²) in [5, 5.41) is 3.94. The van der Waals surface area contributed by atoms with Gasteiger partial charge in [-0.3, -0.25) is 4.79 Å². The Labute approximate surface area is 151 Å². The molecule has 1 aliphatic heterocycles. The summed E-state index contributed by atoms with van der Waals surface area (Å²) >= 11 is 5.96. The molecule has 0 radical (unpaired) electrons. The van der Waals surface area contributed by atoms with Crippen molar-refractivity contribution in [3.8, 4) is 0 Å². The lowest BCUT2D eigenvalue weighted by atomic mass is 9.82. The topological polar surface area (TPSA) is 64.1 Å². The van der Waals surface area contributed by atoms with E-state index in [1.807, 2.05) is 24.3 Å². The first-order valence-corrected chi connectivity index (χ1v) is 9.07. The molecule has 1 saturated heterocycles. The van der Waals surface area contributed by atoms with Gasteiger partial charge in [-0.2, -0.15) is 0 Å². The first kappa shape index (κ1) is 16.5. The van der Waals surface area contributed by atoms with Gasteiger partial charge in [0.1, 0.15) is 0 Å². The van der Waals surface area contributed by atoms with Gasteiger partial charge in [-0.15, -0.1) is 0 Å². The molecule has 1 N–H and O–H groups in total. The van der Waals surface area contributed by atoms with Gasteiger partial charge in [-0.1, -0.05) is 23.7 Å². The minimum atomic E-state index is 0.104. The molecule has 1 aromatic carbocycles. The molecule has 130 valence electrons. The Bertz CT molecular complexity index is 773. The van der Waals surface area contributed by atoms with E-state index in [-0.39, 0.29) is 17.8 Å². The second-order valence-corrected chi connectivity index (χ2v) is 7.09. The van der Waals surface area contributed by atoms with Crippen LogP contribution in [0.2, 0.25) is 5.02 Å². The summed E-state index contributed by atoms with van der Waals surface area (Å²) in [5.41, 5.74) is 2.59. The van der Waals surface area contributed by atoms with E-state index >= 15 is 0 Å². The number of rotatable bonds is 4. The number of aromatic nitrogens is 2. The highest BCUT2D eigenvalue weighted by molar-refractivity contribution is 6.30. The van der Waals surface area contributed by atoms with Gasteiger partial charge in [-0.05, 0) is 42.9 Å². The number of hydrogen-bond acceptors (Lipinski definition) is 5. The summed E-state index contributed by atoms with van der Waals surface area (Å²) in [6.45, 7) is 1.53. The minimum Gasteiger partial charge on any atom is -0.376 e. The van der Waals surface area contributed by atoms with E-state index in [1.54, 1.807) is 6.20 Å². The summed E-state index contributed by atoms with van der Waals surface area (Å²) in [4.78, 5) is 21.4. The van der Waals surface area contributed by atoms with Gasteiger partial charge in [0.05, 0.1) is 17.4 Å². The van der Waals surface area contributed by atoms with E-state index in [0.717, 1.165) is 37.1 Å². The normalized spacial score (nSPS) is 22.7. The number of anilines is 1. The van der Waals surface area contributed by atoms with Crippen LogP contribution in [0.5, 0.6) is 0 Å². The molecule has 0 spiro atoms. The second-order valence-electron chi connectivity index (χ2n) is 6.65. The first-order valence-electron chi connectivity index (χ1n) is 8.69. The highest BCUT2D eigenvalue weighted by Gasteiger charge is 2.28. The third-order valence-electron chi connectivity index (χ3n) is 4.89. The summed E-state index contributed by atoms with van der Waals surface area (Å²) < 4.78 is 5.61. The predicted octanol–water partition coefficient (Wildman–Crippen LogP) is 3.63. The number of carbonyl (C=O) groups is 1. The van der Waals surface area contributed by atoms with Crippen molar-refractivity contribution >= 4 is 23.3 Å². The molecule has 2 heterocycles. The van der Waals surface area contributed by atoms with E-state index in [2.05, 4.69) is 15.3 Å². The number of halogens is 1. The lowest BCUT2D eigenvalue weighted by molar-refractivity contribution is 0.0962. The molecule has 1 fully saturated rings. The molecule has 2 aliphatic rings. The first-order chi connectivity index (χ1) is 12.2. The Morgan fingerprint density at radius 2 is 2.08 bits per heavy atom. The maximum absolute atomic E-state index is 12.5. The number of hydrogen-bond donors (Lipinski definition) is 1. The van der Waals surface area contributed by atoms with Crippen LogP contribution in [-0.2, 0) is 11.2 Å². The summed E-state index contributed by atoms with van der Waals surface area (Å²) in [6.07, 6.45) is 5.27. The Morgan fingerprint density at radius 1 is 1.24 bits per heavy atom. The highest BCUT2D eigenvalue weighted by Crippen LogP contribution is 2.32. The van der Waals surface area contributed by atoms with Crippen LogP contribution in [0.15, 0.2) is 30.5 Å². The zero-order valence-corrected chi connectivity index (χ0v) is 14.6. The average Bonchev–Trinajstić information content (AvgIpc) is 3.14. The molecule has 6 heteroatoms. The Kier molecular flexibility index (Phi) is 4.68. The Morgan fingerprint density at radius 3 is 2.84 bits per heavy atom. The number of nitrogens with zero attached hydrogens (tertiary/aromatic N) is 2. The van der Waals surface area contributed by atoms with Crippen LogP contribution in [0.25, 0.3) is 0 Å². The van der Waals surface area contributed by atoms with Crippen LogP contribution in [-0.4, -0.2) is 35.0 Å². The fourth-order valence-corrected chi connectivity index (χ4v) is 3.64. The fraction of sp³-hybridized carbons (Fsp3) is 0.421. The van der Waals surface area contributed by atoms with Gasteiger partial charge in [0.2, 0.25) is 5.95 Å². The number of benzene rings is 1. The van der Waals surface area contributed by atoms with Crippen molar-refractivity contribution in [3.05, 3.63) is 52.3 Å². The van der Waals surface area contributed by atoms with Gasteiger partial charge in [0.25, 0.3) is 0 Å². The van der Waals surface area contributed by atoms with Crippen molar-refractivity contribution in [2.45, 2.75) is 37.7 Å². The van der Waals surface area contributed by atoms with Crippen LogP contribution in [0.4, 0.5) is 5.95 Å². The van der Waals surface area contributed by atoms with E-state index < -0.39 is 0 Å². The SMILES string of the molecule is O=C1C[C@@H](c2ccc(Cl)cc2)Cc2nc(NC[C@H]3CCCO3)ncc21. The van der Waals surface area contributed by atoms with Crippen molar-refractivity contribution < 1.29 is 9.53 Å². The zero-order chi connectivity index (χ0) is 17.2. The van der Waals surface area contributed by atoms with Crippen LogP contribution in [0, 0.1) is 0 Å². The molecule has 4 rings (SSSR count). The summed E-state index contributed by atoms with van der Waals surface area (Å²) in [7, 11) is 0. The van der Waals surface area contributed by atoms with Crippen molar-refractivity contribution in [3.63, 3.8) is 0 Å². The second kappa shape index (κ2) is 7.10.